The first kappa shape index (κ1) is 12.0. The summed E-state index contributed by atoms with van der Waals surface area (Å²) in [5.41, 5.74) is 1.29. The van der Waals surface area contributed by atoms with Crippen LogP contribution in [0.1, 0.15) is 10.4 Å². The molecule has 0 unspecified atom stereocenters. The lowest BCUT2D eigenvalue weighted by Gasteiger charge is -2.02. The Balaban J connectivity index is 2.55. The molecule has 1 heterocycles. The number of hydrogen-bond donors (Lipinski definition) is 1. The van der Waals surface area contributed by atoms with Gasteiger partial charge in [-0.15, -0.1) is 0 Å². The molecule has 0 atom stereocenters. The fourth-order valence-corrected chi connectivity index (χ4v) is 2.53. The molecular formula is C14H9BrO4. The van der Waals surface area contributed by atoms with E-state index in [0.29, 0.717) is 22.3 Å². The average Bonchev–Trinajstić information content (AvgIpc) is 2.76. The van der Waals surface area contributed by atoms with Gasteiger partial charge in [0.15, 0.2) is 11.3 Å². The number of carboxylic acid groups (broad SMARTS) is 1. The van der Waals surface area contributed by atoms with Gasteiger partial charge in [0.25, 0.3) is 0 Å². The lowest BCUT2D eigenvalue weighted by atomic mass is 10.1. The SMILES string of the molecule is COc1ccc(C(=O)O)c2c1oc1ccc(Br)cc12. The summed E-state index contributed by atoms with van der Waals surface area (Å²) in [5.74, 6) is -0.470. The molecule has 0 radical (unpaired) electrons. The van der Waals surface area contributed by atoms with Gasteiger partial charge in [-0.2, -0.15) is 0 Å². The van der Waals surface area contributed by atoms with Gasteiger partial charge in [-0.05, 0) is 30.3 Å². The lowest BCUT2D eigenvalue weighted by Crippen LogP contribution is -1.97. The van der Waals surface area contributed by atoms with Crippen molar-refractivity contribution in [3.8, 4) is 5.75 Å². The molecule has 5 heteroatoms. The van der Waals surface area contributed by atoms with Crippen LogP contribution in [0.15, 0.2) is 39.2 Å². The normalized spacial score (nSPS) is 11.1. The number of methoxy groups -OCH3 is 1. The number of fused-ring (bicyclic) bond motifs is 3. The van der Waals surface area contributed by atoms with Crippen molar-refractivity contribution in [2.45, 2.75) is 0 Å². The molecule has 1 aromatic heterocycles. The quantitative estimate of drug-likeness (QED) is 0.773. The van der Waals surface area contributed by atoms with Crippen LogP contribution in [0.5, 0.6) is 5.75 Å². The van der Waals surface area contributed by atoms with Crippen molar-refractivity contribution in [3.05, 3.63) is 40.4 Å². The highest BCUT2D eigenvalue weighted by molar-refractivity contribution is 9.10. The van der Waals surface area contributed by atoms with Crippen LogP contribution in [0.25, 0.3) is 21.9 Å². The maximum absolute atomic E-state index is 11.3. The summed E-state index contributed by atoms with van der Waals surface area (Å²) < 4.78 is 11.8. The molecule has 96 valence electrons. The molecule has 2 aromatic carbocycles. The third-order valence-corrected chi connectivity index (χ3v) is 3.49. The number of halogens is 1. The van der Waals surface area contributed by atoms with Crippen LogP contribution in [0.4, 0.5) is 0 Å². The number of benzene rings is 2. The van der Waals surface area contributed by atoms with E-state index in [2.05, 4.69) is 15.9 Å². The van der Waals surface area contributed by atoms with Crippen LogP contribution in [0, 0.1) is 0 Å². The Morgan fingerprint density at radius 2 is 2.11 bits per heavy atom. The van der Waals surface area contributed by atoms with Crippen molar-refractivity contribution in [3.63, 3.8) is 0 Å². The van der Waals surface area contributed by atoms with E-state index in [9.17, 15) is 9.90 Å². The molecule has 0 spiro atoms. The topological polar surface area (TPSA) is 59.7 Å². The minimum atomic E-state index is -0.990. The van der Waals surface area contributed by atoms with Crippen molar-refractivity contribution in [1.82, 2.24) is 0 Å². The minimum absolute atomic E-state index is 0.202. The molecule has 3 aromatic rings. The molecule has 4 nitrogen and oxygen atoms in total. The fourth-order valence-electron chi connectivity index (χ4n) is 2.17. The van der Waals surface area contributed by atoms with Gasteiger partial charge in [-0.25, -0.2) is 4.79 Å². The number of furan rings is 1. The first-order chi connectivity index (χ1) is 9.11. The van der Waals surface area contributed by atoms with Crippen LogP contribution in [-0.2, 0) is 0 Å². The van der Waals surface area contributed by atoms with Gasteiger partial charge in [-0.1, -0.05) is 15.9 Å². The summed E-state index contributed by atoms with van der Waals surface area (Å²) in [6.07, 6.45) is 0. The van der Waals surface area contributed by atoms with Crippen molar-refractivity contribution in [1.29, 1.82) is 0 Å². The van der Waals surface area contributed by atoms with Crippen molar-refractivity contribution < 1.29 is 19.1 Å². The van der Waals surface area contributed by atoms with Crippen molar-refractivity contribution >= 4 is 43.8 Å². The summed E-state index contributed by atoms with van der Waals surface area (Å²) in [6, 6.07) is 8.61. The Kier molecular flexibility index (Phi) is 2.71. The first-order valence-corrected chi connectivity index (χ1v) is 6.33. The fraction of sp³-hybridized carbons (Fsp3) is 0.0714. The molecule has 0 aliphatic heterocycles. The Hall–Kier alpha value is -2.01. The summed E-state index contributed by atoms with van der Waals surface area (Å²) in [7, 11) is 1.53. The van der Waals surface area contributed by atoms with Crippen LogP contribution in [-0.4, -0.2) is 18.2 Å². The molecule has 1 N–H and O–H groups in total. The maximum atomic E-state index is 11.3. The van der Waals surface area contributed by atoms with Gasteiger partial charge in [0, 0.05) is 15.2 Å². The highest BCUT2D eigenvalue weighted by Crippen LogP contribution is 2.38. The number of rotatable bonds is 2. The second kappa shape index (κ2) is 4.28. The highest BCUT2D eigenvalue weighted by atomic mass is 79.9. The molecule has 19 heavy (non-hydrogen) atoms. The Morgan fingerprint density at radius 1 is 1.32 bits per heavy atom. The third-order valence-electron chi connectivity index (χ3n) is 2.99. The van der Waals surface area contributed by atoms with Gasteiger partial charge in [-0.3, -0.25) is 0 Å². The molecule has 0 fully saturated rings. The summed E-state index contributed by atoms with van der Waals surface area (Å²) in [4.78, 5) is 11.3. The Labute approximate surface area is 116 Å². The number of carbonyl (C=O) groups is 1. The summed E-state index contributed by atoms with van der Waals surface area (Å²) >= 11 is 3.38. The molecule has 0 amide bonds. The number of aromatic carboxylic acids is 1. The van der Waals surface area contributed by atoms with Gasteiger partial charge in [0.2, 0.25) is 0 Å². The van der Waals surface area contributed by atoms with E-state index in [4.69, 9.17) is 9.15 Å². The molecule has 0 aliphatic rings. The molecule has 0 bridgehead atoms. The molecule has 3 rings (SSSR count). The van der Waals surface area contributed by atoms with Gasteiger partial charge >= 0.3 is 5.97 Å². The van der Waals surface area contributed by atoms with E-state index >= 15 is 0 Å². The smallest absolute Gasteiger partial charge is 0.336 e. The van der Waals surface area contributed by atoms with E-state index in [1.165, 1.54) is 13.2 Å². The zero-order chi connectivity index (χ0) is 13.6. The van der Waals surface area contributed by atoms with Crippen LogP contribution < -0.4 is 4.74 Å². The van der Waals surface area contributed by atoms with E-state index < -0.39 is 5.97 Å². The monoisotopic (exact) mass is 320 g/mol. The number of hydrogen-bond acceptors (Lipinski definition) is 3. The molecule has 0 saturated heterocycles. The molecule has 0 saturated carbocycles. The average molecular weight is 321 g/mol. The van der Waals surface area contributed by atoms with E-state index in [1.54, 1.807) is 12.1 Å². The van der Waals surface area contributed by atoms with Crippen LogP contribution in [0.2, 0.25) is 0 Å². The molecule has 0 aliphatic carbocycles. The zero-order valence-electron chi connectivity index (χ0n) is 9.94. The number of ether oxygens (including phenoxy) is 1. The van der Waals surface area contributed by atoms with Crippen LogP contribution in [0.3, 0.4) is 0 Å². The maximum Gasteiger partial charge on any atom is 0.336 e. The van der Waals surface area contributed by atoms with E-state index in [0.717, 1.165) is 9.86 Å². The Morgan fingerprint density at radius 3 is 2.79 bits per heavy atom. The largest absolute Gasteiger partial charge is 0.493 e. The van der Waals surface area contributed by atoms with Gasteiger partial charge in [0.1, 0.15) is 5.58 Å². The molecular weight excluding hydrogens is 312 g/mol. The van der Waals surface area contributed by atoms with Crippen molar-refractivity contribution in [2.75, 3.05) is 7.11 Å². The van der Waals surface area contributed by atoms with E-state index in [-0.39, 0.29) is 5.56 Å². The number of carboxylic acids is 1. The minimum Gasteiger partial charge on any atom is -0.493 e. The van der Waals surface area contributed by atoms with E-state index in [1.807, 2.05) is 12.1 Å². The van der Waals surface area contributed by atoms with Crippen molar-refractivity contribution in [2.24, 2.45) is 0 Å². The third kappa shape index (κ3) is 1.77. The van der Waals surface area contributed by atoms with Gasteiger partial charge < -0.3 is 14.3 Å². The second-order valence-electron chi connectivity index (χ2n) is 4.07. The summed E-state index contributed by atoms with van der Waals surface area (Å²) in [6.45, 7) is 0. The highest BCUT2D eigenvalue weighted by Gasteiger charge is 2.19. The predicted molar refractivity (Wildman–Crippen MR) is 74.9 cm³/mol. The lowest BCUT2D eigenvalue weighted by molar-refractivity contribution is 0.0699. The van der Waals surface area contributed by atoms with Gasteiger partial charge in [0.05, 0.1) is 12.7 Å². The zero-order valence-corrected chi connectivity index (χ0v) is 11.5. The first-order valence-electron chi connectivity index (χ1n) is 5.54. The standard InChI is InChI=1S/C14H9BrO4/c1-18-11-5-3-8(14(16)17)12-9-6-7(15)2-4-10(9)19-13(11)12/h2-6H,1H3,(H,16,17). The summed E-state index contributed by atoms with van der Waals surface area (Å²) in [5, 5.41) is 10.6. The van der Waals surface area contributed by atoms with Crippen LogP contribution >= 0.6 is 15.9 Å². The predicted octanol–water partition coefficient (Wildman–Crippen LogP) is 4.06. The Bertz CT molecular complexity index is 804. The second-order valence-corrected chi connectivity index (χ2v) is 4.98.